The van der Waals surface area contributed by atoms with E-state index in [1.54, 1.807) is 6.08 Å². The molecule has 0 aliphatic carbocycles. The van der Waals surface area contributed by atoms with E-state index in [-0.39, 0.29) is 18.5 Å². The Bertz CT molecular complexity index is 1050. The van der Waals surface area contributed by atoms with Gasteiger partial charge in [-0.25, -0.2) is 0 Å². The quantitative estimate of drug-likeness (QED) is 0.0322. The summed E-state index contributed by atoms with van der Waals surface area (Å²) in [4.78, 5) is 24.4. The van der Waals surface area contributed by atoms with E-state index >= 15 is 0 Å². The maximum absolute atomic E-state index is 12.4. The Hall–Kier alpha value is -2.18. The van der Waals surface area contributed by atoms with Gasteiger partial charge in [-0.1, -0.05) is 217 Å². The van der Waals surface area contributed by atoms with Crippen LogP contribution in [0.5, 0.6) is 0 Å². The maximum Gasteiger partial charge on any atom is 0.305 e. The second-order valence-electron chi connectivity index (χ2n) is 18.2. The van der Waals surface area contributed by atoms with Crippen LogP contribution in [0.1, 0.15) is 271 Å². The smallest absolute Gasteiger partial charge is 0.305 e. The molecule has 2 unspecified atom stereocenters. The zero-order valence-electron chi connectivity index (χ0n) is 41.1. The van der Waals surface area contributed by atoms with Gasteiger partial charge in [-0.3, -0.25) is 9.59 Å². The first kappa shape index (κ1) is 59.8. The number of aliphatic hydroxyl groups is 2. The molecule has 0 bridgehead atoms. The van der Waals surface area contributed by atoms with Crippen molar-refractivity contribution in [3.63, 3.8) is 0 Å². The van der Waals surface area contributed by atoms with Crippen molar-refractivity contribution < 1.29 is 24.5 Å². The molecule has 6 heteroatoms. The number of hydrogen-bond donors (Lipinski definition) is 3. The fourth-order valence-corrected chi connectivity index (χ4v) is 7.89. The average Bonchev–Trinajstić information content (AvgIpc) is 3.27. The molecule has 3 N–H and O–H groups in total. The number of carbonyl (C=O) groups is 2. The fraction of sp³-hybridized carbons (Fsp3) is 0.821. The van der Waals surface area contributed by atoms with Crippen molar-refractivity contribution >= 4 is 11.9 Å². The Kier molecular flexibility index (Phi) is 49.6. The number of unbranched alkanes of at least 4 members (excludes halogenated alkanes) is 32. The van der Waals surface area contributed by atoms with Crippen LogP contribution >= 0.6 is 0 Å². The molecule has 0 fully saturated rings. The highest BCUT2D eigenvalue weighted by Gasteiger charge is 2.18. The third-order valence-electron chi connectivity index (χ3n) is 12.1. The lowest BCUT2D eigenvalue weighted by atomic mass is 10.1. The summed E-state index contributed by atoms with van der Waals surface area (Å²) in [6.07, 6.45) is 64.1. The second kappa shape index (κ2) is 51.5. The highest BCUT2D eigenvalue weighted by molar-refractivity contribution is 5.76. The molecule has 6 nitrogen and oxygen atoms in total. The first-order valence-electron chi connectivity index (χ1n) is 26.9. The predicted molar refractivity (Wildman–Crippen MR) is 269 cm³/mol. The number of carbonyl (C=O) groups excluding carboxylic acids is 2. The second-order valence-corrected chi connectivity index (χ2v) is 18.2. The lowest BCUT2D eigenvalue weighted by molar-refractivity contribution is -0.143. The van der Waals surface area contributed by atoms with Gasteiger partial charge in [-0.15, -0.1) is 0 Å². The van der Waals surface area contributed by atoms with Crippen LogP contribution in [0.25, 0.3) is 0 Å². The third kappa shape index (κ3) is 47.3. The van der Waals surface area contributed by atoms with Crippen molar-refractivity contribution in [3.05, 3.63) is 48.6 Å². The molecule has 62 heavy (non-hydrogen) atoms. The molecule has 362 valence electrons. The van der Waals surface area contributed by atoms with Crippen molar-refractivity contribution in [3.8, 4) is 0 Å². The van der Waals surface area contributed by atoms with Gasteiger partial charge in [0.1, 0.15) is 0 Å². The lowest BCUT2D eigenvalue weighted by Crippen LogP contribution is -2.45. The minimum absolute atomic E-state index is 0.00948. The number of nitrogens with one attached hydrogen (secondary N) is 1. The van der Waals surface area contributed by atoms with E-state index in [4.69, 9.17) is 4.74 Å². The highest BCUT2D eigenvalue weighted by Crippen LogP contribution is 2.15. The summed E-state index contributed by atoms with van der Waals surface area (Å²) in [7, 11) is 0. The maximum atomic E-state index is 12.4. The summed E-state index contributed by atoms with van der Waals surface area (Å²) in [6.45, 7) is 4.83. The normalized spacial score (nSPS) is 13.0. The number of aliphatic hydroxyl groups excluding tert-OH is 2. The van der Waals surface area contributed by atoms with Crippen LogP contribution in [-0.4, -0.2) is 47.4 Å². The molecule has 0 aliphatic rings. The van der Waals surface area contributed by atoms with Crippen molar-refractivity contribution in [2.75, 3.05) is 13.2 Å². The zero-order chi connectivity index (χ0) is 45.1. The Balaban J connectivity index is 3.45. The number of allylic oxidation sites excluding steroid dienone is 7. The van der Waals surface area contributed by atoms with E-state index in [0.29, 0.717) is 19.4 Å². The fourth-order valence-electron chi connectivity index (χ4n) is 7.89. The summed E-state index contributed by atoms with van der Waals surface area (Å²) in [5, 5.41) is 22.9. The van der Waals surface area contributed by atoms with E-state index < -0.39 is 12.1 Å². The van der Waals surface area contributed by atoms with Crippen LogP contribution in [0, 0.1) is 0 Å². The standard InChI is InChI=1S/C56H103NO5/c1-3-5-7-9-11-13-15-16-23-27-30-34-38-42-46-50-56(61)62-51-47-43-39-35-31-28-25-22-20-18-17-19-21-24-26-29-33-37-41-45-49-55(60)57-53(52-58)54(59)48-44-40-36-32-14-12-10-8-6-4-2/h11,13,16-17,19,23,44,48,53-54,58-59H,3-10,12,14-15,18,20-22,24-43,45-47,49-52H2,1-2H3,(H,57,60)/b13-11-,19-17-,23-16-,48-44+. The van der Waals surface area contributed by atoms with Gasteiger partial charge in [-0.2, -0.15) is 0 Å². The van der Waals surface area contributed by atoms with E-state index in [1.165, 1.54) is 186 Å². The van der Waals surface area contributed by atoms with Gasteiger partial charge in [-0.05, 0) is 89.9 Å². The topological polar surface area (TPSA) is 95.9 Å². The Morgan fingerprint density at radius 1 is 0.452 bits per heavy atom. The monoisotopic (exact) mass is 870 g/mol. The third-order valence-corrected chi connectivity index (χ3v) is 12.1. The van der Waals surface area contributed by atoms with Crippen LogP contribution in [0.4, 0.5) is 0 Å². The number of hydrogen-bond acceptors (Lipinski definition) is 5. The van der Waals surface area contributed by atoms with Crippen LogP contribution < -0.4 is 5.32 Å². The summed E-state index contributed by atoms with van der Waals surface area (Å²) in [6, 6.07) is -0.633. The van der Waals surface area contributed by atoms with Crippen molar-refractivity contribution in [1.82, 2.24) is 5.32 Å². The van der Waals surface area contributed by atoms with E-state index in [1.807, 2.05) is 6.08 Å². The van der Waals surface area contributed by atoms with Gasteiger partial charge in [0.2, 0.25) is 5.91 Å². The Morgan fingerprint density at radius 3 is 1.27 bits per heavy atom. The summed E-state index contributed by atoms with van der Waals surface area (Å²) >= 11 is 0. The Morgan fingerprint density at radius 2 is 0.806 bits per heavy atom. The summed E-state index contributed by atoms with van der Waals surface area (Å²) < 4.78 is 5.46. The number of rotatable bonds is 49. The average molecular weight is 870 g/mol. The van der Waals surface area contributed by atoms with Crippen molar-refractivity contribution in [1.29, 1.82) is 0 Å². The molecular formula is C56H103NO5. The van der Waals surface area contributed by atoms with E-state index in [0.717, 1.165) is 57.8 Å². The van der Waals surface area contributed by atoms with Gasteiger partial charge in [0.25, 0.3) is 0 Å². The molecule has 0 radical (unpaired) electrons. The zero-order valence-corrected chi connectivity index (χ0v) is 41.1. The molecular weight excluding hydrogens is 767 g/mol. The molecule has 0 saturated carbocycles. The summed E-state index contributed by atoms with van der Waals surface area (Å²) in [5.41, 5.74) is 0. The van der Waals surface area contributed by atoms with Crippen molar-refractivity contribution in [2.45, 2.75) is 283 Å². The molecule has 0 heterocycles. The molecule has 0 spiro atoms. The first-order valence-corrected chi connectivity index (χ1v) is 26.9. The van der Waals surface area contributed by atoms with Crippen molar-refractivity contribution in [2.24, 2.45) is 0 Å². The molecule has 0 rings (SSSR count). The Labute approximate surface area is 385 Å². The minimum Gasteiger partial charge on any atom is -0.466 e. The largest absolute Gasteiger partial charge is 0.466 e. The van der Waals surface area contributed by atoms with E-state index in [2.05, 4.69) is 55.6 Å². The lowest BCUT2D eigenvalue weighted by Gasteiger charge is -2.20. The first-order chi connectivity index (χ1) is 30.5. The van der Waals surface area contributed by atoms with Crippen LogP contribution in [0.15, 0.2) is 48.6 Å². The summed E-state index contributed by atoms with van der Waals surface area (Å²) in [5.74, 6) is -0.0895. The van der Waals surface area contributed by atoms with Crippen LogP contribution in [-0.2, 0) is 14.3 Å². The van der Waals surface area contributed by atoms with Gasteiger partial charge in [0, 0.05) is 12.8 Å². The van der Waals surface area contributed by atoms with Gasteiger partial charge in [0.15, 0.2) is 0 Å². The van der Waals surface area contributed by atoms with E-state index in [9.17, 15) is 19.8 Å². The van der Waals surface area contributed by atoms with Gasteiger partial charge >= 0.3 is 5.97 Å². The molecule has 0 aromatic heterocycles. The molecule has 1 amide bonds. The molecule has 0 saturated heterocycles. The molecule has 2 atom stereocenters. The van der Waals surface area contributed by atoms with Crippen LogP contribution in [0.3, 0.4) is 0 Å². The number of amides is 1. The highest BCUT2D eigenvalue weighted by atomic mass is 16.5. The molecule has 0 aromatic rings. The minimum atomic E-state index is -0.849. The van der Waals surface area contributed by atoms with Gasteiger partial charge < -0.3 is 20.3 Å². The predicted octanol–water partition coefficient (Wildman–Crippen LogP) is 16.2. The number of ether oxygens (including phenoxy) is 1. The molecule has 0 aromatic carbocycles. The SMILES string of the molecule is CCCCC/C=C\C/C=C\CCCCCCCC(=O)OCCCCCCCCCCC/C=C\CCCCCCCCCC(=O)NC(CO)C(O)/C=C/CCCCCCCCCC. The number of esters is 1. The van der Waals surface area contributed by atoms with Gasteiger partial charge in [0.05, 0.1) is 25.4 Å². The molecule has 0 aliphatic heterocycles. The van der Waals surface area contributed by atoms with Crippen LogP contribution in [0.2, 0.25) is 0 Å².